The van der Waals surface area contributed by atoms with Crippen molar-refractivity contribution in [2.45, 2.75) is 26.7 Å². The average molecular weight is 248 g/mol. The van der Waals surface area contributed by atoms with E-state index in [1.165, 1.54) is 0 Å². The third kappa shape index (κ3) is 2.44. The Morgan fingerprint density at radius 1 is 1.47 bits per heavy atom. The third-order valence-corrected chi connectivity index (χ3v) is 3.08. The van der Waals surface area contributed by atoms with E-state index in [4.69, 9.17) is 12.2 Å². The second-order valence-corrected chi connectivity index (χ2v) is 4.53. The van der Waals surface area contributed by atoms with Gasteiger partial charge in [-0.3, -0.25) is 4.68 Å². The molecule has 90 valence electrons. The highest BCUT2D eigenvalue weighted by molar-refractivity contribution is 7.71. The molecule has 17 heavy (non-hydrogen) atoms. The van der Waals surface area contributed by atoms with E-state index in [0.29, 0.717) is 4.64 Å². The predicted octanol–water partition coefficient (Wildman–Crippen LogP) is 2.80. The topological polar surface area (TPSA) is 46.5 Å². The van der Waals surface area contributed by atoms with Gasteiger partial charge in [0.25, 0.3) is 0 Å². The first kappa shape index (κ1) is 12.0. The summed E-state index contributed by atoms with van der Waals surface area (Å²) in [5, 5.41) is 4.18. The molecule has 0 unspecified atom stereocenters. The molecule has 0 radical (unpaired) electrons. The van der Waals surface area contributed by atoms with Crippen molar-refractivity contribution >= 4 is 12.2 Å². The first-order chi connectivity index (χ1) is 8.11. The first-order valence-corrected chi connectivity index (χ1v) is 6.11. The molecule has 0 spiro atoms. The van der Waals surface area contributed by atoms with Crippen molar-refractivity contribution in [3.63, 3.8) is 0 Å². The summed E-state index contributed by atoms with van der Waals surface area (Å²) in [6.07, 6.45) is 5.78. The molecular formula is C12H16N4S. The quantitative estimate of drug-likeness (QED) is 0.850. The molecule has 0 atom stereocenters. The lowest BCUT2D eigenvalue weighted by Gasteiger charge is -2.07. The van der Waals surface area contributed by atoms with E-state index in [2.05, 4.69) is 22.0 Å². The number of hydrogen-bond donors (Lipinski definition) is 1. The van der Waals surface area contributed by atoms with Crippen LogP contribution in [-0.2, 0) is 13.5 Å². The van der Waals surface area contributed by atoms with Gasteiger partial charge in [-0.25, -0.2) is 4.98 Å². The molecule has 0 aliphatic rings. The smallest absolute Gasteiger partial charge is 0.133 e. The number of rotatable bonds is 3. The Morgan fingerprint density at radius 3 is 2.82 bits per heavy atom. The minimum Gasteiger partial charge on any atom is -0.343 e. The van der Waals surface area contributed by atoms with Crippen LogP contribution in [0.15, 0.2) is 12.4 Å². The highest BCUT2D eigenvalue weighted by Crippen LogP contribution is 2.21. The highest BCUT2D eigenvalue weighted by Gasteiger charge is 2.08. The Kier molecular flexibility index (Phi) is 3.38. The SMILES string of the molecule is CCCc1nc(=S)c(C)c(-c2cnn(C)c2)[nH]1. The van der Waals surface area contributed by atoms with Gasteiger partial charge in [0.15, 0.2) is 0 Å². The monoisotopic (exact) mass is 248 g/mol. The fraction of sp³-hybridized carbons (Fsp3) is 0.417. The van der Waals surface area contributed by atoms with Gasteiger partial charge in [0, 0.05) is 30.8 Å². The maximum absolute atomic E-state index is 5.29. The normalized spacial score (nSPS) is 10.8. The lowest BCUT2D eigenvalue weighted by molar-refractivity contribution is 0.768. The van der Waals surface area contributed by atoms with Crippen molar-refractivity contribution < 1.29 is 0 Å². The molecule has 1 N–H and O–H groups in total. The van der Waals surface area contributed by atoms with E-state index < -0.39 is 0 Å². The lowest BCUT2D eigenvalue weighted by atomic mass is 10.1. The van der Waals surface area contributed by atoms with Crippen LogP contribution in [0.25, 0.3) is 11.3 Å². The fourth-order valence-corrected chi connectivity index (χ4v) is 1.99. The molecule has 2 aromatic rings. The maximum Gasteiger partial charge on any atom is 0.133 e. The van der Waals surface area contributed by atoms with E-state index in [0.717, 1.165) is 35.5 Å². The van der Waals surface area contributed by atoms with Gasteiger partial charge in [-0.1, -0.05) is 19.1 Å². The van der Waals surface area contributed by atoms with Crippen LogP contribution in [0.3, 0.4) is 0 Å². The van der Waals surface area contributed by atoms with Crippen molar-refractivity contribution in [1.82, 2.24) is 19.7 Å². The van der Waals surface area contributed by atoms with Crippen molar-refractivity contribution in [1.29, 1.82) is 0 Å². The molecule has 0 aromatic carbocycles. The van der Waals surface area contributed by atoms with Crippen LogP contribution in [0.5, 0.6) is 0 Å². The molecule has 0 amide bonds. The summed E-state index contributed by atoms with van der Waals surface area (Å²) >= 11 is 5.29. The zero-order chi connectivity index (χ0) is 12.4. The Balaban J connectivity index is 2.56. The molecule has 0 saturated heterocycles. The van der Waals surface area contributed by atoms with E-state index in [9.17, 15) is 0 Å². The zero-order valence-electron chi connectivity index (χ0n) is 10.3. The van der Waals surface area contributed by atoms with Gasteiger partial charge in [-0.2, -0.15) is 5.10 Å². The molecule has 0 bridgehead atoms. The minimum atomic E-state index is 0.672. The number of nitrogens with zero attached hydrogens (tertiary/aromatic N) is 3. The Morgan fingerprint density at radius 2 is 2.24 bits per heavy atom. The van der Waals surface area contributed by atoms with Crippen LogP contribution in [0.4, 0.5) is 0 Å². The Labute approximate surface area is 106 Å². The zero-order valence-corrected chi connectivity index (χ0v) is 11.1. The number of hydrogen-bond acceptors (Lipinski definition) is 3. The molecule has 2 aromatic heterocycles. The molecule has 2 rings (SSSR count). The van der Waals surface area contributed by atoms with Crippen LogP contribution in [0.2, 0.25) is 0 Å². The maximum atomic E-state index is 5.29. The summed E-state index contributed by atoms with van der Waals surface area (Å²) in [5.74, 6) is 0.946. The van der Waals surface area contributed by atoms with Crippen LogP contribution >= 0.6 is 12.2 Å². The predicted molar refractivity (Wildman–Crippen MR) is 70.4 cm³/mol. The molecule has 4 nitrogen and oxygen atoms in total. The highest BCUT2D eigenvalue weighted by atomic mass is 32.1. The van der Waals surface area contributed by atoms with Gasteiger partial charge in [-0.05, 0) is 13.3 Å². The van der Waals surface area contributed by atoms with Crippen LogP contribution in [0, 0.1) is 11.6 Å². The lowest BCUT2D eigenvalue weighted by Crippen LogP contribution is -2.00. The van der Waals surface area contributed by atoms with Gasteiger partial charge in [0.2, 0.25) is 0 Å². The average Bonchev–Trinajstić information content (AvgIpc) is 2.70. The van der Waals surface area contributed by atoms with Crippen molar-refractivity contribution in [2.75, 3.05) is 0 Å². The Hall–Kier alpha value is -1.49. The number of nitrogens with one attached hydrogen (secondary N) is 1. The van der Waals surface area contributed by atoms with Gasteiger partial charge in [-0.15, -0.1) is 0 Å². The van der Waals surface area contributed by atoms with Crippen LogP contribution < -0.4 is 0 Å². The summed E-state index contributed by atoms with van der Waals surface area (Å²) in [6.45, 7) is 4.12. The van der Waals surface area contributed by atoms with E-state index >= 15 is 0 Å². The standard InChI is InChI=1S/C12H16N4S/c1-4-5-10-14-11(8(2)12(17)15-10)9-6-13-16(3)7-9/h6-7H,4-5H2,1-3H3,(H,14,15,17). The van der Waals surface area contributed by atoms with Gasteiger partial charge < -0.3 is 4.98 Å². The summed E-state index contributed by atoms with van der Waals surface area (Å²) < 4.78 is 2.46. The van der Waals surface area contributed by atoms with Gasteiger partial charge >= 0.3 is 0 Å². The fourth-order valence-electron chi connectivity index (χ4n) is 1.77. The second kappa shape index (κ2) is 4.79. The minimum absolute atomic E-state index is 0.672. The number of aromatic nitrogens is 4. The van der Waals surface area contributed by atoms with E-state index in [-0.39, 0.29) is 0 Å². The molecule has 5 heteroatoms. The molecular weight excluding hydrogens is 232 g/mol. The Bertz CT molecular complexity index is 582. The van der Waals surface area contributed by atoms with Gasteiger partial charge in [0.1, 0.15) is 10.5 Å². The summed E-state index contributed by atoms with van der Waals surface area (Å²) in [5.41, 5.74) is 3.09. The second-order valence-electron chi connectivity index (χ2n) is 4.14. The number of aromatic amines is 1. The van der Waals surface area contributed by atoms with Crippen molar-refractivity contribution in [2.24, 2.45) is 7.05 Å². The largest absolute Gasteiger partial charge is 0.343 e. The summed E-state index contributed by atoms with van der Waals surface area (Å²) in [4.78, 5) is 7.74. The van der Waals surface area contributed by atoms with Crippen molar-refractivity contribution in [3.05, 3.63) is 28.4 Å². The van der Waals surface area contributed by atoms with Crippen LogP contribution in [0.1, 0.15) is 24.7 Å². The molecule has 0 aliphatic carbocycles. The summed E-state index contributed by atoms with van der Waals surface area (Å²) in [7, 11) is 1.90. The number of H-pyrrole nitrogens is 1. The van der Waals surface area contributed by atoms with Crippen LogP contribution in [-0.4, -0.2) is 19.7 Å². The number of aryl methyl sites for hydroxylation is 2. The van der Waals surface area contributed by atoms with Gasteiger partial charge in [0.05, 0.1) is 11.9 Å². The van der Waals surface area contributed by atoms with E-state index in [1.54, 1.807) is 4.68 Å². The molecule has 0 saturated carbocycles. The third-order valence-electron chi connectivity index (χ3n) is 2.68. The molecule has 0 fully saturated rings. The molecule has 0 aliphatic heterocycles. The van der Waals surface area contributed by atoms with E-state index in [1.807, 2.05) is 26.4 Å². The molecule has 2 heterocycles. The summed E-state index contributed by atoms with van der Waals surface area (Å²) in [6, 6.07) is 0. The van der Waals surface area contributed by atoms with Crippen molar-refractivity contribution in [3.8, 4) is 11.3 Å². The first-order valence-electron chi connectivity index (χ1n) is 5.70.